The molecule has 0 aliphatic rings. The van der Waals surface area contributed by atoms with E-state index in [4.69, 9.17) is 17.3 Å². The van der Waals surface area contributed by atoms with E-state index >= 15 is 0 Å². The Hall–Kier alpha value is -2.26. The summed E-state index contributed by atoms with van der Waals surface area (Å²) in [7, 11) is 0. The number of aromatic amines is 1. The van der Waals surface area contributed by atoms with Gasteiger partial charge in [0.05, 0.1) is 11.3 Å². The van der Waals surface area contributed by atoms with Gasteiger partial charge in [-0.25, -0.2) is 0 Å². The number of rotatable bonds is 2. The molecule has 2 aromatic carbocycles. The predicted molar refractivity (Wildman–Crippen MR) is 88.4 cm³/mol. The number of hydrogen-bond acceptors (Lipinski definition) is 2. The molecular formula is C17H16ClN3. The molecule has 0 unspecified atom stereocenters. The third kappa shape index (κ3) is 2.52. The molecule has 0 aliphatic carbocycles. The Bertz CT molecular complexity index is 788. The number of hydrogen-bond donors (Lipinski definition) is 2. The van der Waals surface area contributed by atoms with Gasteiger partial charge in [0.15, 0.2) is 5.82 Å². The van der Waals surface area contributed by atoms with Crippen molar-refractivity contribution in [2.75, 3.05) is 5.73 Å². The summed E-state index contributed by atoms with van der Waals surface area (Å²) in [6, 6.07) is 14.0. The molecule has 1 heterocycles. The van der Waals surface area contributed by atoms with Crippen LogP contribution in [0.5, 0.6) is 0 Å². The van der Waals surface area contributed by atoms with Crippen LogP contribution in [0.25, 0.3) is 22.4 Å². The highest BCUT2D eigenvalue weighted by atomic mass is 35.5. The van der Waals surface area contributed by atoms with Crippen molar-refractivity contribution in [2.24, 2.45) is 0 Å². The lowest BCUT2D eigenvalue weighted by Crippen LogP contribution is -1.90. The second-order valence-electron chi connectivity index (χ2n) is 5.18. The van der Waals surface area contributed by atoms with Crippen molar-refractivity contribution >= 4 is 17.4 Å². The zero-order valence-corrected chi connectivity index (χ0v) is 12.7. The molecule has 0 saturated carbocycles. The molecule has 3 N–H and O–H groups in total. The minimum atomic E-state index is 0.494. The first-order chi connectivity index (χ1) is 10.1. The van der Waals surface area contributed by atoms with Gasteiger partial charge in [-0.1, -0.05) is 47.5 Å². The van der Waals surface area contributed by atoms with Crippen molar-refractivity contribution in [3.05, 3.63) is 58.6 Å². The summed E-state index contributed by atoms with van der Waals surface area (Å²) in [4.78, 5) is 0. The quantitative estimate of drug-likeness (QED) is 0.726. The zero-order valence-electron chi connectivity index (χ0n) is 11.9. The van der Waals surface area contributed by atoms with Crippen molar-refractivity contribution in [1.29, 1.82) is 0 Å². The van der Waals surface area contributed by atoms with Gasteiger partial charge in [-0.05, 0) is 37.1 Å². The highest BCUT2D eigenvalue weighted by molar-refractivity contribution is 6.30. The van der Waals surface area contributed by atoms with E-state index in [9.17, 15) is 0 Å². The summed E-state index contributed by atoms with van der Waals surface area (Å²) in [5.74, 6) is 0.494. The van der Waals surface area contributed by atoms with Crippen LogP contribution >= 0.6 is 11.6 Å². The number of aryl methyl sites for hydroxylation is 2. The van der Waals surface area contributed by atoms with Crippen molar-refractivity contribution in [1.82, 2.24) is 10.2 Å². The minimum Gasteiger partial charge on any atom is -0.382 e. The lowest BCUT2D eigenvalue weighted by atomic mass is 9.97. The van der Waals surface area contributed by atoms with Crippen LogP contribution in [-0.2, 0) is 0 Å². The Morgan fingerprint density at radius 3 is 2.48 bits per heavy atom. The largest absolute Gasteiger partial charge is 0.382 e. The van der Waals surface area contributed by atoms with Crippen LogP contribution in [0.3, 0.4) is 0 Å². The summed E-state index contributed by atoms with van der Waals surface area (Å²) in [5.41, 5.74) is 12.3. The molecule has 0 radical (unpaired) electrons. The smallest absolute Gasteiger partial charge is 0.153 e. The number of anilines is 1. The Morgan fingerprint density at radius 1 is 1.05 bits per heavy atom. The van der Waals surface area contributed by atoms with Crippen LogP contribution < -0.4 is 5.73 Å². The van der Waals surface area contributed by atoms with Crippen molar-refractivity contribution < 1.29 is 0 Å². The first-order valence-electron chi connectivity index (χ1n) is 6.73. The maximum atomic E-state index is 6.13. The van der Waals surface area contributed by atoms with E-state index < -0.39 is 0 Å². The van der Waals surface area contributed by atoms with E-state index in [1.165, 1.54) is 5.56 Å². The summed E-state index contributed by atoms with van der Waals surface area (Å²) >= 11 is 6.13. The number of benzene rings is 2. The molecule has 0 spiro atoms. The van der Waals surface area contributed by atoms with E-state index in [1.54, 1.807) is 0 Å². The van der Waals surface area contributed by atoms with Crippen molar-refractivity contribution in [3.63, 3.8) is 0 Å². The molecule has 3 aromatic rings. The summed E-state index contributed by atoms with van der Waals surface area (Å²) < 4.78 is 0. The Balaban J connectivity index is 2.21. The zero-order chi connectivity index (χ0) is 15.0. The summed E-state index contributed by atoms with van der Waals surface area (Å²) in [6.45, 7) is 4.10. The number of nitrogens with zero attached hydrogens (tertiary/aromatic N) is 1. The Kier molecular flexibility index (Phi) is 3.43. The van der Waals surface area contributed by atoms with Crippen LogP contribution in [0, 0.1) is 13.8 Å². The third-order valence-corrected chi connectivity index (χ3v) is 3.84. The fraction of sp³-hybridized carbons (Fsp3) is 0.118. The molecule has 1 aromatic heterocycles. The maximum absolute atomic E-state index is 6.13. The molecule has 106 valence electrons. The second kappa shape index (κ2) is 5.26. The van der Waals surface area contributed by atoms with Crippen LogP contribution in [0.4, 0.5) is 5.82 Å². The molecule has 0 saturated heterocycles. The number of nitrogen functional groups attached to an aromatic ring is 1. The molecule has 0 bridgehead atoms. The van der Waals surface area contributed by atoms with Crippen molar-refractivity contribution in [2.45, 2.75) is 13.8 Å². The van der Waals surface area contributed by atoms with Crippen LogP contribution in [-0.4, -0.2) is 10.2 Å². The molecule has 0 amide bonds. The number of nitrogens with one attached hydrogen (secondary N) is 1. The van der Waals surface area contributed by atoms with Gasteiger partial charge in [0.2, 0.25) is 0 Å². The lowest BCUT2D eigenvalue weighted by molar-refractivity contribution is 1.10. The molecule has 3 nitrogen and oxygen atoms in total. The summed E-state index contributed by atoms with van der Waals surface area (Å²) in [6.07, 6.45) is 0. The van der Waals surface area contributed by atoms with E-state index in [2.05, 4.69) is 41.4 Å². The highest BCUT2D eigenvalue weighted by Crippen LogP contribution is 2.37. The molecule has 0 atom stereocenters. The van der Waals surface area contributed by atoms with Gasteiger partial charge >= 0.3 is 0 Å². The molecule has 0 aliphatic heterocycles. The number of nitrogens with two attached hydrogens (primary N) is 1. The monoisotopic (exact) mass is 297 g/mol. The number of halogens is 1. The van der Waals surface area contributed by atoms with Gasteiger partial charge < -0.3 is 5.73 Å². The van der Waals surface area contributed by atoms with Gasteiger partial charge in [-0.2, -0.15) is 5.10 Å². The lowest BCUT2D eigenvalue weighted by Gasteiger charge is -2.08. The van der Waals surface area contributed by atoms with E-state index in [0.717, 1.165) is 27.9 Å². The minimum absolute atomic E-state index is 0.494. The summed E-state index contributed by atoms with van der Waals surface area (Å²) in [5, 5.41) is 7.90. The standard InChI is InChI=1S/C17H16ClN3/c1-10-3-6-12(7-4-10)15-16(20-21-17(15)19)14-9-13(18)8-5-11(14)2/h3-9H,1-2H3,(H3,19,20,21). The fourth-order valence-corrected chi connectivity index (χ4v) is 2.60. The second-order valence-corrected chi connectivity index (χ2v) is 5.62. The van der Waals surface area contributed by atoms with Crippen LogP contribution in [0.2, 0.25) is 5.02 Å². The number of H-pyrrole nitrogens is 1. The third-order valence-electron chi connectivity index (χ3n) is 3.60. The highest BCUT2D eigenvalue weighted by Gasteiger charge is 2.16. The van der Waals surface area contributed by atoms with Crippen LogP contribution in [0.1, 0.15) is 11.1 Å². The fourth-order valence-electron chi connectivity index (χ4n) is 2.43. The first kappa shape index (κ1) is 13.7. The molecule has 4 heteroatoms. The number of aromatic nitrogens is 2. The van der Waals surface area contributed by atoms with Gasteiger partial charge in [0.1, 0.15) is 0 Å². The predicted octanol–water partition coefficient (Wildman–Crippen LogP) is 4.60. The van der Waals surface area contributed by atoms with E-state index in [1.807, 2.05) is 25.1 Å². The Labute approximate surface area is 128 Å². The molecule has 21 heavy (non-hydrogen) atoms. The van der Waals surface area contributed by atoms with E-state index in [-0.39, 0.29) is 0 Å². The van der Waals surface area contributed by atoms with Crippen molar-refractivity contribution in [3.8, 4) is 22.4 Å². The Morgan fingerprint density at radius 2 is 1.76 bits per heavy atom. The normalized spacial score (nSPS) is 10.8. The molecule has 0 fully saturated rings. The van der Waals surface area contributed by atoms with E-state index in [0.29, 0.717) is 10.8 Å². The van der Waals surface area contributed by atoms with Gasteiger partial charge in [0.25, 0.3) is 0 Å². The average molecular weight is 298 g/mol. The van der Waals surface area contributed by atoms with Gasteiger partial charge in [-0.3, -0.25) is 5.10 Å². The van der Waals surface area contributed by atoms with Gasteiger partial charge in [-0.15, -0.1) is 0 Å². The SMILES string of the molecule is Cc1ccc(-c2c(N)n[nH]c2-c2cc(Cl)ccc2C)cc1. The molecular weight excluding hydrogens is 282 g/mol. The topological polar surface area (TPSA) is 54.7 Å². The average Bonchev–Trinajstić information content (AvgIpc) is 2.84. The van der Waals surface area contributed by atoms with Gasteiger partial charge in [0, 0.05) is 10.6 Å². The van der Waals surface area contributed by atoms with Crippen LogP contribution in [0.15, 0.2) is 42.5 Å². The molecule has 3 rings (SSSR count). The maximum Gasteiger partial charge on any atom is 0.153 e. The first-order valence-corrected chi connectivity index (χ1v) is 7.11.